The van der Waals surface area contributed by atoms with Gasteiger partial charge in [0.15, 0.2) is 9.84 Å². The Hall–Kier alpha value is -2.71. The van der Waals surface area contributed by atoms with E-state index < -0.39 is 27.8 Å². The van der Waals surface area contributed by atoms with Crippen LogP contribution in [0.1, 0.15) is 5.56 Å². The lowest BCUT2D eigenvalue weighted by molar-refractivity contribution is -0.153. The Bertz CT molecular complexity index is 904. The molecule has 0 heterocycles. The molecule has 1 atom stereocenters. The number of nitrogens with one attached hydrogen (secondary N) is 1. The van der Waals surface area contributed by atoms with Gasteiger partial charge < -0.3 is 15.2 Å². The Balaban J connectivity index is 2.08. The van der Waals surface area contributed by atoms with Gasteiger partial charge in [-0.1, -0.05) is 36.4 Å². The standard InChI is InChI=1S/C19H21NO6S/c1-26-19(23)18(22)20-16(12-21)11-13-3-5-14(6-4-13)15-7-9-17(10-8-15)27(2,24)25/h3-10,16,21H,11-12H2,1-2H3,(H,20,22). The largest absolute Gasteiger partial charge is 0.462 e. The van der Waals surface area contributed by atoms with Crippen molar-refractivity contribution in [3.8, 4) is 11.1 Å². The number of aliphatic hydroxyl groups is 1. The third kappa shape index (κ3) is 5.63. The zero-order valence-electron chi connectivity index (χ0n) is 15.0. The Morgan fingerprint density at radius 3 is 2.00 bits per heavy atom. The van der Waals surface area contributed by atoms with E-state index in [1.54, 1.807) is 24.3 Å². The van der Waals surface area contributed by atoms with E-state index in [0.29, 0.717) is 6.42 Å². The van der Waals surface area contributed by atoms with Gasteiger partial charge in [-0.05, 0) is 35.2 Å². The van der Waals surface area contributed by atoms with Crippen molar-refractivity contribution >= 4 is 21.7 Å². The monoisotopic (exact) mass is 391 g/mol. The predicted molar refractivity (Wildman–Crippen MR) is 99.7 cm³/mol. The summed E-state index contributed by atoms with van der Waals surface area (Å²) >= 11 is 0. The molecule has 0 radical (unpaired) electrons. The van der Waals surface area contributed by atoms with Crippen LogP contribution in [0.4, 0.5) is 0 Å². The molecule has 0 spiro atoms. The fourth-order valence-corrected chi connectivity index (χ4v) is 3.14. The number of rotatable bonds is 6. The summed E-state index contributed by atoms with van der Waals surface area (Å²) in [5.74, 6) is -1.92. The number of carbonyl (C=O) groups is 2. The van der Waals surface area contributed by atoms with Crippen molar-refractivity contribution in [3.63, 3.8) is 0 Å². The average Bonchev–Trinajstić information content (AvgIpc) is 2.66. The molecule has 0 aliphatic rings. The fraction of sp³-hybridized carbons (Fsp3) is 0.263. The molecular weight excluding hydrogens is 370 g/mol. The molecule has 2 rings (SSSR count). The maximum absolute atomic E-state index is 11.5. The third-order valence-corrected chi connectivity index (χ3v) is 5.11. The van der Waals surface area contributed by atoms with Crippen LogP contribution in [0.3, 0.4) is 0 Å². The number of carbonyl (C=O) groups excluding carboxylic acids is 2. The predicted octanol–water partition coefficient (Wildman–Crippen LogP) is 0.950. The molecule has 7 nitrogen and oxygen atoms in total. The van der Waals surface area contributed by atoms with Gasteiger partial charge in [-0.3, -0.25) is 4.79 Å². The molecule has 27 heavy (non-hydrogen) atoms. The highest BCUT2D eigenvalue weighted by atomic mass is 32.2. The molecule has 0 saturated heterocycles. The number of hydrogen-bond donors (Lipinski definition) is 2. The molecule has 2 aromatic carbocycles. The molecule has 0 aliphatic heterocycles. The van der Waals surface area contributed by atoms with E-state index in [-0.39, 0.29) is 11.5 Å². The van der Waals surface area contributed by atoms with Crippen LogP contribution in [0.2, 0.25) is 0 Å². The summed E-state index contributed by atoms with van der Waals surface area (Å²) in [6, 6.07) is 13.4. The molecule has 0 aromatic heterocycles. The van der Waals surface area contributed by atoms with Gasteiger partial charge in [0.25, 0.3) is 0 Å². The third-order valence-electron chi connectivity index (χ3n) is 3.98. The molecule has 0 saturated carbocycles. The highest BCUT2D eigenvalue weighted by molar-refractivity contribution is 7.90. The van der Waals surface area contributed by atoms with Crippen molar-refractivity contribution in [3.05, 3.63) is 54.1 Å². The number of aliphatic hydroxyl groups excluding tert-OH is 1. The molecule has 0 aliphatic carbocycles. The lowest BCUT2D eigenvalue weighted by atomic mass is 10.0. The van der Waals surface area contributed by atoms with Gasteiger partial charge in [0.05, 0.1) is 24.7 Å². The highest BCUT2D eigenvalue weighted by Gasteiger charge is 2.18. The minimum Gasteiger partial charge on any atom is -0.462 e. The summed E-state index contributed by atoms with van der Waals surface area (Å²) in [5.41, 5.74) is 2.63. The summed E-state index contributed by atoms with van der Waals surface area (Å²) in [6.45, 7) is -0.322. The molecule has 1 unspecified atom stereocenters. The molecule has 1 amide bonds. The second-order valence-electron chi connectivity index (χ2n) is 6.04. The molecule has 2 N–H and O–H groups in total. The lowest BCUT2D eigenvalue weighted by Crippen LogP contribution is -2.43. The van der Waals surface area contributed by atoms with Crippen LogP contribution in [-0.2, 0) is 30.6 Å². The molecule has 2 aromatic rings. The van der Waals surface area contributed by atoms with Crippen molar-refractivity contribution in [2.45, 2.75) is 17.4 Å². The first-order valence-corrected chi connectivity index (χ1v) is 10.0. The van der Waals surface area contributed by atoms with Crippen LogP contribution in [0, 0.1) is 0 Å². The normalized spacial score (nSPS) is 12.3. The summed E-state index contributed by atoms with van der Waals surface area (Å²) in [4.78, 5) is 22.9. The zero-order chi connectivity index (χ0) is 20.0. The van der Waals surface area contributed by atoms with E-state index >= 15 is 0 Å². The van der Waals surface area contributed by atoms with Gasteiger partial charge >= 0.3 is 11.9 Å². The number of benzene rings is 2. The van der Waals surface area contributed by atoms with E-state index in [9.17, 15) is 23.1 Å². The number of esters is 1. The Labute approximate surface area is 157 Å². The highest BCUT2D eigenvalue weighted by Crippen LogP contribution is 2.22. The number of ether oxygens (including phenoxy) is 1. The van der Waals surface area contributed by atoms with Crippen LogP contribution in [0.5, 0.6) is 0 Å². The maximum Gasteiger partial charge on any atom is 0.396 e. The topological polar surface area (TPSA) is 110 Å². The first-order valence-electron chi connectivity index (χ1n) is 8.13. The summed E-state index contributed by atoms with van der Waals surface area (Å²) in [7, 11) is -2.13. The number of sulfone groups is 1. The van der Waals surface area contributed by atoms with Crippen LogP contribution < -0.4 is 5.32 Å². The van der Waals surface area contributed by atoms with Crippen molar-refractivity contribution in [2.24, 2.45) is 0 Å². The Morgan fingerprint density at radius 1 is 1.04 bits per heavy atom. The SMILES string of the molecule is COC(=O)C(=O)NC(CO)Cc1ccc(-c2ccc(S(C)(=O)=O)cc2)cc1. The smallest absolute Gasteiger partial charge is 0.396 e. The van der Waals surface area contributed by atoms with Crippen molar-refractivity contribution in [1.82, 2.24) is 5.32 Å². The van der Waals surface area contributed by atoms with Gasteiger partial charge in [-0.15, -0.1) is 0 Å². The number of methoxy groups -OCH3 is 1. The van der Waals surface area contributed by atoms with Gasteiger partial charge in [-0.25, -0.2) is 13.2 Å². The number of hydrogen-bond acceptors (Lipinski definition) is 6. The molecular formula is C19H21NO6S. The fourth-order valence-electron chi connectivity index (χ4n) is 2.51. The Morgan fingerprint density at radius 2 is 1.56 bits per heavy atom. The lowest BCUT2D eigenvalue weighted by Gasteiger charge is -2.15. The van der Waals surface area contributed by atoms with Crippen LogP contribution in [0.15, 0.2) is 53.4 Å². The van der Waals surface area contributed by atoms with Crippen molar-refractivity contribution in [2.75, 3.05) is 20.0 Å². The van der Waals surface area contributed by atoms with Crippen LogP contribution in [0.25, 0.3) is 11.1 Å². The molecule has 144 valence electrons. The van der Waals surface area contributed by atoms with Gasteiger partial charge in [0.2, 0.25) is 0 Å². The van der Waals surface area contributed by atoms with Crippen molar-refractivity contribution in [1.29, 1.82) is 0 Å². The minimum absolute atomic E-state index is 0.259. The first kappa shape index (κ1) is 20.6. The molecule has 0 fully saturated rings. The summed E-state index contributed by atoms with van der Waals surface area (Å²) < 4.78 is 27.4. The van der Waals surface area contributed by atoms with E-state index in [1.807, 2.05) is 24.3 Å². The van der Waals surface area contributed by atoms with Gasteiger partial charge in [0.1, 0.15) is 0 Å². The summed E-state index contributed by atoms with van der Waals surface area (Å²) in [6.07, 6.45) is 1.50. The molecule has 0 bridgehead atoms. The second-order valence-corrected chi connectivity index (χ2v) is 8.06. The molecule has 8 heteroatoms. The Kier molecular flexibility index (Phi) is 6.70. The van der Waals surface area contributed by atoms with Gasteiger partial charge in [-0.2, -0.15) is 0 Å². The maximum atomic E-state index is 11.5. The minimum atomic E-state index is -3.23. The van der Waals surface area contributed by atoms with E-state index in [4.69, 9.17) is 0 Å². The van der Waals surface area contributed by atoms with Crippen LogP contribution >= 0.6 is 0 Å². The van der Waals surface area contributed by atoms with Gasteiger partial charge in [0, 0.05) is 6.26 Å². The average molecular weight is 391 g/mol. The quantitative estimate of drug-likeness (QED) is 0.560. The van der Waals surface area contributed by atoms with Crippen LogP contribution in [-0.4, -0.2) is 51.4 Å². The first-order chi connectivity index (χ1) is 12.7. The van der Waals surface area contributed by atoms with Crippen molar-refractivity contribution < 1.29 is 27.9 Å². The summed E-state index contributed by atoms with van der Waals surface area (Å²) in [5, 5.41) is 11.8. The zero-order valence-corrected chi connectivity index (χ0v) is 15.8. The second kappa shape index (κ2) is 8.79. The van der Waals surface area contributed by atoms with E-state index in [1.165, 1.54) is 0 Å². The van der Waals surface area contributed by atoms with E-state index in [0.717, 1.165) is 30.1 Å². The van der Waals surface area contributed by atoms with E-state index in [2.05, 4.69) is 10.1 Å². The number of amides is 1.